The van der Waals surface area contributed by atoms with E-state index in [-0.39, 0.29) is 57.6 Å². The SMILES string of the molecule is [2H]c1c([2H])c([2H])c2c(c1[2H])c1c([2H])c(-c3ccc4c(c3)c3cc(-c5ccccc5)ccc3n4-c3ccc(-c4ccc(-c5ccccc5)cc4)cc3)c([2H])c([2H])c1n2-c1cccc(-c2ccccc2)c1. The summed E-state index contributed by atoms with van der Waals surface area (Å²) in [5.74, 6) is 0. The summed E-state index contributed by atoms with van der Waals surface area (Å²) in [4.78, 5) is 0. The first-order valence-electron chi connectivity index (χ1n) is 24.3. The number of aromatic nitrogens is 2. The molecule has 0 atom stereocenters. The van der Waals surface area contributed by atoms with E-state index >= 15 is 0 Å². The van der Waals surface area contributed by atoms with Gasteiger partial charge in [0.05, 0.1) is 31.7 Å². The number of fused-ring (bicyclic) bond motifs is 6. The van der Waals surface area contributed by atoms with Gasteiger partial charge in [-0.15, -0.1) is 0 Å². The number of benzene rings is 10. The first-order valence-corrected chi connectivity index (χ1v) is 20.8. The molecule has 0 unspecified atom stereocenters. The van der Waals surface area contributed by atoms with Crippen LogP contribution in [0.15, 0.2) is 242 Å². The maximum absolute atomic E-state index is 9.97. The lowest BCUT2D eigenvalue weighted by Gasteiger charge is -2.11. The van der Waals surface area contributed by atoms with Crippen LogP contribution in [0.3, 0.4) is 0 Å². The van der Waals surface area contributed by atoms with Crippen molar-refractivity contribution in [2.45, 2.75) is 0 Å². The van der Waals surface area contributed by atoms with Crippen LogP contribution in [0.4, 0.5) is 0 Å². The molecule has 2 heteroatoms. The number of hydrogen-bond donors (Lipinski definition) is 0. The topological polar surface area (TPSA) is 9.86 Å². The van der Waals surface area contributed by atoms with Crippen LogP contribution < -0.4 is 0 Å². The minimum Gasteiger partial charge on any atom is -0.309 e. The highest BCUT2D eigenvalue weighted by Crippen LogP contribution is 2.40. The Hall–Kier alpha value is -8.20. The van der Waals surface area contributed by atoms with Gasteiger partial charge in [-0.3, -0.25) is 0 Å². The van der Waals surface area contributed by atoms with Crippen molar-refractivity contribution in [3.8, 4) is 67.0 Å². The van der Waals surface area contributed by atoms with Crippen molar-refractivity contribution in [1.82, 2.24) is 9.13 Å². The molecule has 290 valence electrons. The van der Waals surface area contributed by atoms with Crippen molar-refractivity contribution in [1.29, 1.82) is 0 Å². The van der Waals surface area contributed by atoms with Crippen LogP contribution in [0.5, 0.6) is 0 Å². The Balaban J connectivity index is 1.05. The molecule has 2 heterocycles. The fourth-order valence-electron chi connectivity index (χ4n) is 8.93. The fourth-order valence-corrected chi connectivity index (χ4v) is 8.93. The lowest BCUT2D eigenvalue weighted by molar-refractivity contribution is 1.18. The molecule has 62 heavy (non-hydrogen) atoms. The summed E-state index contributed by atoms with van der Waals surface area (Å²) >= 11 is 0. The van der Waals surface area contributed by atoms with Crippen LogP contribution in [0.25, 0.3) is 111 Å². The largest absolute Gasteiger partial charge is 0.309 e. The highest BCUT2D eigenvalue weighted by Gasteiger charge is 2.17. The summed E-state index contributed by atoms with van der Waals surface area (Å²) in [5.41, 5.74) is 13.0. The van der Waals surface area contributed by atoms with Gasteiger partial charge in [0.2, 0.25) is 0 Å². The molecule has 0 fully saturated rings. The minimum atomic E-state index is -0.426. The van der Waals surface area contributed by atoms with Gasteiger partial charge in [0, 0.05) is 32.9 Å². The first-order chi connectivity index (χ1) is 33.7. The van der Waals surface area contributed by atoms with Crippen LogP contribution >= 0.6 is 0 Å². The highest BCUT2D eigenvalue weighted by atomic mass is 15.0. The second-order valence-electron chi connectivity index (χ2n) is 15.6. The van der Waals surface area contributed by atoms with E-state index in [9.17, 15) is 6.85 Å². The molecule has 0 bridgehead atoms. The summed E-state index contributed by atoms with van der Waals surface area (Å²) < 4.78 is 69.1. The third kappa shape index (κ3) is 6.12. The summed E-state index contributed by atoms with van der Waals surface area (Å²) in [6.45, 7) is 0. The average Bonchev–Trinajstić information content (AvgIpc) is 3.94. The predicted molar refractivity (Wildman–Crippen MR) is 262 cm³/mol. The van der Waals surface area contributed by atoms with Gasteiger partial charge in [0.15, 0.2) is 0 Å². The summed E-state index contributed by atoms with van der Waals surface area (Å²) in [5, 5.41) is 2.21. The van der Waals surface area contributed by atoms with Crippen molar-refractivity contribution in [2.75, 3.05) is 0 Å². The average molecular weight is 796 g/mol. The maximum atomic E-state index is 9.97. The number of nitrogens with zero attached hydrogens (tertiary/aromatic N) is 2. The molecule has 2 nitrogen and oxygen atoms in total. The molecular formula is C60H40N2. The van der Waals surface area contributed by atoms with Crippen molar-refractivity contribution in [2.24, 2.45) is 0 Å². The van der Waals surface area contributed by atoms with Gasteiger partial charge in [0.25, 0.3) is 0 Å². The van der Waals surface area contributed by atoms with E-state index in [1.165, 1.54) is 5.56 Å². The normalized spacial score (nSPS) is 13.1. The Morgan fingerprint density at radius 3 is 1.29 bits per heavy atom. The monoisotopic (exact) mass is 795 g/mol. The molecule has 0 aliphatic heterocycles. The molecule has 0 saturated carbocycles. The molecule has 0 aliphatic carbocycles. The zero-order valence-electron chi connectivity index (χ0n) is 40.4. The molecule has 12 aromatic rings. The molecule has 2 aromatic heterocycles. The highest BCUT2D eigenvalue weighted by molar-refractivity contribution is 6.13. The van der Waals surface area contributed by atoms with Gasteiger partial charge in [-0.05, 0) is 122 Å². The Labute approximate surface area is 370 Å². The molecule has 0 N–H and O–H groups in total. The molecular weight excluding hydrogens is 749 g/mol. The van der Waals surface area contributed by atoms with Crippen LogP contribution in [0, 0.1) is 0 Å². The molecule has 0 saturated heterocycles. The number of para-hydroxylation sites is 1. The third-order valence-electron chi connectivity index (χ3n) is 12.0. The Kier molecular flexibility index (Phi) is 6.95. The van der Waals surface area contributed by atoms with Gasteiger partial charge >= 0.3 is 0 Å². The third-order valence-corrected chi connectivity index (χ3v) is 12.0. The van der Waals surface area contributed by atoms with Gasteiger partial charge in [0.1, 0.15) is 0 Å². The van der Waals surface area contributed by atoms with E-state index in [4.69, 9.17) is 2.74 Å². The van der Waals surface area contributed by atoms with Crippen molar-refractivity contribution >= 4 is 43.6 Å². The fraction of sp³-hybridized carbons (Fsp3) is 0. The second-order valence-corrected chi connectivity index (χ2v) is 15.6. The smallest absolute Gasteiger partial charge is 0.0645 e. The zero-order chi connectivity index (χ0) is 47.1. The summed E-state index contributed by atoms with van der Waals surface area (Å²) in [6.07, 6.45) is 0. The molecule has 0 amide bonds. The first kappa shape index (κ1) is 29.1. The van der Waals surface area contributed by atoms with Crippen molar-refractivity contribution in [3.63, 3.8) is 0 Å². The van der Waals surface area contributed by atoms with E-state index in [0.29, 0.717) is 11.3 Å². The maximum Gasteiger partial charge on any atom is 0.0645 e. The lowest BCUT2D eigenvalue weighted by atomic mass is 9.99. The van der Waals surface area contributed by atoms with Crippen molar-refractivity contribution < 1.29 is 9.60 Å². The molecule has 10 aromatic carbocycles. The second kappa shape index (κ2) is 14.8. The quantitative estimate of drug-likeness (QED) is 0.152. The van der Waals surface area contributed by atoms with Crippen molar-refractivity contribution in [3.05, 3.63) is 242 Å². The van der Waals surface area contributed by atoms with Gasteiger partial charge < -0.3 is 9.13 Å². The van der Waals surface area contributed by atoms with E-state index in [1.54, 1.807) is 4.57 Å². The summed E-state index contributed by atoms with van der Waals surface area (Å²) in [7, 11) is 0. The zero-order valence-corrected chi connectivity index (χ0v) is 33.4. The van der Waals surface area contributed by atoms with Crippen LogP contribution in [0.1, 0.15) is 9.60 Å². The molecule has 12 rings (SSSR count). The molecule has 0 spiro atoms. The van der Waals surface area contributed by atoms with E-state index in [2.05, 4.69) is 95.6 Å². The lowest BCUT2D eigenvalue weighted by Crippen LogP contribution is -1.94. The van der Waals surface area contributed by atoms with Crippen LogP contribution in [0.2, 0.25) is 0 Å². The van der Waals surface area contributed by atoms with E-state index in [0.717, 1.165) is 66.4 Å². The Bertz CT molecular complexity index is 3990. The van der Waals surface area contributed by atoms with Gasteiger partial charge in [-0.25, -0.2) is 0 Å². The van der Waals surface area contributed by atoms with Gasteiger partial charge in [-0.2, -0.15) is 0 Å². The number of rotatable bonds is 7. The summed E-state index contributed by atoms with van der Waals surface area (Å²) in [6, 6.07) is 65.6. The molecule has 0 radical (unpaired) electrons. The standard InChI is InChI=1S/C60H40N2/c1-4-13-41(14-5-1)44-23-25-45(26-24-44)46-27-32-51(33-28-46)61-59-34-29-48(43-17-8-3-9-18-43)38-55(59)56-40-50(31-36-60(56)61)49-30-35-58-54(39-49)53-21-10-11-22-57(53)62(58)52-20-12-19-47(37-52)42-15-6-2-7-16-42/h1-40H/i10D,11D,21D,22D,30D,35D,39D. The number of hydrogen-bond acceptors (Lipinski definition) is 0. The Morgan fingerprint density at radius 1 is 0.258 bits per heavy atom. The van der Waals surface area contributed by atoms with Crippen LogP contribution in [-0.2, 0) is 0 Å². The predicted octanol–water partition coefficient (Wildman–Crippen LogP) is 16.2. The van der Waals surface area contributed by atoms with E-state index < -0.39 is 12.1 Å². The molecule has 0 aliphatic rings. The van der Waals surface area contributed by atoms with Gasteiger partial charge in [-0.1, -0.05) is 176 Å². The van der Waals surface area contributed by atoms with E-state index in [1.807, 2.05) is 109 Å². The Morgan fingerprint density at radius 2 is 0.694 bits per heavy atom. The van der Waals surface area contributed by atoms with Crippen LogP contribution in [-0.4, -0.2) is 9.13 Å². The minimum absolute atomic E-state index is 0.0838.